The SMILES string of the molecule is CC(CCc1ccco1)NC(=O)C(Cc1ccccc1)NS(=O)(=O)c1ccccc1F. The quantitative estimate of drug-likeness (QED) is 0.501. The van der Waals surface area contributed by atoms with E-state index in [0.29, 0.717) is 12.8 Å². The van der Waals surface area contributed by atoms with Crippen LogP contribution in [0.4, 0.5) is 4.39 Å². The number of halogens is 1. The summed E-state index contributed by atoms with van der Waals surface area (Å²) < 4.78 is 47.3. The minimum absolute atomic E-state index is 0.130. The molecule has 2 atom stereocenters. The summed E-state index contributed by atoms with van der Waals surface area (Å²) in [6.45, 7) is 1.84. The maximum atomic E-state index is 14.1. The van der Waals surface area contributed by atoms with Gasteiger partial charge >= 0.3 is 0 Å². The van der Waals surface area contributed by atoms with Gasteiger partial charge in [-0.25, -0.2) is 12.8 Å². The van der Waals surface area contributed by atoms with E-state index in [-0.39, 0.29) is 12.5 Å². The summed E-state index contributed by atoms with van der Waals surface area (Å²) in [5.74, 6) is -0.543. The molecule has 0 saturated carbocycles. The van der Waals surface area contributed by atoms with E-state index in [1.807, 2.05) is 31.2 Å². The summed E-state index contributed by atoms with van der Waals surface area (Å²) in [6, 6.07) is 16.5. The van der Waals surface area contributed by atoms with Crippen LogP contribution in [-0.4, -0.2) is 26.4 Å². The third-order valence-corrected chi connectivity index (χ3v) is 6.32. The molecule has 2 unspecified atom stereocenters. The Kier molecular flexibility index (Phi) is 7.59. The Hall–Kier alpha value is -2.97. The van der Waals surface area contributed by atoms with Gasteiger partial charge in [-0.1, -0.05) is 42.5 Å². The molecule has 0 aliphatic carbocycles. The summed E-state index contributed by atoms with van der Waals surface area (Å²) in [6.07, 6.45) is 2.98. The van der Waals surface area contributed by atoms with Crippen molar-refractivity contribution in [1.82, 2.24) is 10.0 Å². The Balaban J connectivity index is 1.74. The molecular weight excluding hydrogens is 419 g/mol. The smallest absolute Gasteiger partial charge is 0.244 e. The molecule has 1 aromatic heterocycles. The van der Waals surface area contributed by atoms with Crippen LogP contribution in [0.3, 0.4) is 0 Å². The molecule has 1 amide bonds. The highest BCUT2D eigenvalue weighted by Crippen LogP contribution is 2.15. The first kappa shape index (κ1) is 22.7. The van der Waals surface area contributed by atoms with Crippen molar-refractivity contribution in [2.24, 2.45) is 0 Å². The second-order valence-electron chi connectivity index (χ2n) is 7.32. The van der Waals surface area contributed by atoms with Crippen molar-refractivity contribution >= 4 is 15.9 Å². The molecule has 0 aliphatic rings. The van der Waals surface area contributed by atoms with Crippen molar-refractivity contribution in [2.45, 2.75) is 43.2 Å². The van der Waals surface area contributed by atoms with Crippen molar-refractivity contribution in [3.63, 3.8) is 0 Å². The van der Waals surface area contributed by atoms with E-state index in [1.165, 1.54) is 18.2 Å². The van der Waals surface area contributed by atoms with E-state index in [9.17, 15) is 17.6 Å². The fraction of sp³-hybridized carbons (Fsp3) is 0.261. The zero-order valence-electron chi connectivity index (χ0n) is 17.1. The molecule has 31 heavy (non-hydrogen) atoms. The number of hydrogen-bond donors (Lipinski definition) is 2. The third-order valence-electron chi connectivity index (χ3n) is 4.82. The lowest BCUT2D eigenvalue weighted by atomic mass is 10.1. The molecule has 0 radical (unpaired) electrons. The lowest BCUT2D eigenvalue weighted by Gasteiger charge is -2.21. The highest BCUT2D eigenvalue weighted by Gasteiger charge is 2.28. The zero-order chi connectivity index (χ0) is 22.3. The Morgan fingerprint density at radius 3 is 2.42 bits per heavy atom. The Labute approximate surface area is 181 Å². The molecule has 8 heteroatoms. The maximum absolute atomic E-state index is 14.1. The predicted molar refractivity (Wildman–Crippen MR) is 115 cm³/mol. The molecule has 164 valence electrons. The molecule has 0 spiro atoms. The van der Waals surface area contributed by atoms with Crippen LogP contribution in [-0.2, 0) is 27.7 Å². The average molecular weight is 445 g/mol. The molecule has 2 aromatic carbocycles. The Morgan fingerprint density at radius 2 is 1.74 bits per heavy atom. The first-order chi connectivity index (χ1) is 14.8. The van der Waals surface area contributed by atoms with Crippen LogP contribution < -0.4 is 10.0 Å². The van der Waals surface area contributed by atoms with Crippen LogP contribution in [0, 0.1) is 5.82 Å². The van der Waals surface area contributed by atoms with Gasteiger partial charge in [-0.2, -0.15) is 4.72 Å². The van der Waals surface area contributed by atoms with Crippen molar-refractivity contribution in [1.29, 1.82) is 0 Å². The number of carbonyl (C=O) groups excluding carboxylic acids is 1. The lowest BCUT2D eigenvalue weighted by Crippen LogP contribution is -2.50. The number of hydrogen-bond acceptors (Lipinski definition) is 4. The minimum Gasteiger partial charge on any atom is -0.469 e. The number of furan rings is 1. The van der Waals surface area contributed by atoms with Gasteiger partial charge in [-0.05, 0) is 49.6 Å². The lowest BCUT2D eigenvalue weighted by molar-refractivity contribution is -0.123. The van der Waals surface area contributed by atoms with E-state index in [2.05, 4.69) is 10.0 Å². The number of amides is 1. The molecule has 3 rings (SSSR count). The third kappa shape index (κ3) is 6.50. The molecule has 3 aromatic rings. The molecule has 0 aliphatic heterocycles. The van der Waals surface area contributed by atoms with Gasteiger partial charge in [0.05, 0.1) is 6.26 Å². The summed E-state index contributed by atoms with van der Waals surface area (Å²) in [4.78, 5) is 12.5. The first-order valence-electron chi connectivity index (χ1n) is 9.98. The van der Waals surface area contributed by atoms with Gasteiger partial charge in [0.25, 0.3) is 0 Å². The van der Waals surface area contributed by atoms with E-state index in [4.69, 9.17) is 4.42 Å². The van der Waals surface area contributed by atoms with Gasteiger partial charge in [-0.3, -0.25) is 4.79 Å². The zero-order valence-corrected chi connectivity index (χ0v) is 17.9. The summed E-state index contributed by atoms with van der Waals surface area (Å²) in [7, 11) is -4.24. The minimum atomic E-state index is -4.24. The largest absolute Gasteiger partial charge is 0.469 e. The fourth-order valence-electron chi connectivity index (χ4n) is 3.18. The Bertz CT molecular complexity index is 1090. The molecule has 2 N–H and O–H groups in total. The van der Waals surface area contributed by atoms with Crippen molar-refractivity contribution in [2.75, 3.05) is 0 Å². The van der Waals surface area contributed by atoms with Crippen molar-refractivity contribution in [3.8, 4) is 0 Å². The summed E-state index contributed by atoms with van der Waals surface area (Å²) >= 11 is 0. The van der Waals surface area contributed by atoms with Gasteiger partial charge in [-0.15, -0.1) is 0 Å². The van der Waals surface area contributed by atoms with Gasteiger partial charge in [0, 0.05) is 12.5 Å². The first-order valence-corrected chi connectivity index (χ1v) is 11.5. The van der Waals surface area contributed by atoms with Crippen molar-refractivity contribution < 1.29 is 22.0 Å². The van der Waals surface area contributed by atoms with Crippen LogP contribution in [0.2, 0.25) is 0 Å². The predicted octanol–water partition coefficient (Wildman–Crippen LogP) is 3.45. The van der Waals surface area contributed by atoms with E-state index in [0.717, 1.165) is 17.4 Å². The van der Waals surface area contributed by atoms with E-state index in [1.54, 1.807) is 24.5 Å². The van der Waals surface area contributed by atoms with E-state index < -0.39 is 32.7 Å². The van der Waals surface area contributed by atoms with Crippen LogP contribution in [0.1, 0.15) is 24.7 Å². The standard InChI is InChI=1S/C23H25FN2O4S/c1-17(13-14-19-10-7-15-30-19)25-23(27)21(16-18-8-3-2-4-9-18)26-31(28,29)22-12-6-5-11-20(22)24/h2-12,15,17,21,26H,13-14,16H2,1H3,(H,25,27). The van der Waals surface area contributed by atoms with Gasteiger partial charge in [0.1, 0.15) is 22.5 Å². The van der Waals surface area contributed by atoms with Gasteiger partial charge < -0.3 is 9.73 Å². The van der Waals surface area contributed by atoms with Crippen molar-refractivity contribution in [3.05, 3.63) is 90.1 Å². The molecule has 1 heterocycles. The topological polar surface area (TPSA) is 88.4 Å². The summed E-state index contributed by atoms with van der Waals surface area (Å²) in [5.41, 5.74) is 0.780. The monoisotopic (exact) mass is 444 g/mol. The number of sulfonamides is 1. The van der Waals surface area contributed by atoms with Crippen LogP contribution in [0.15, 0.2) is 82.3 Å². The van der Waals surface area contributed by atoms with Crippen LogP contribution in [0.25, 0.3) is 0 Å². The highest BCUT2D eigenvalue weighted by atomic mass is 32.2. The normalized spacial score (nSPS) is 13.5. The molecule has 6 nitrogen and oxygen atoms in total. The average Bonchev–Trinajstić information content (AvgIpc) is 3.26. The molecule has 0 bridgehead atoms. The molecular formula is C23H25FN2O4S. The molecule has 0 fully saturated rings. The number of aryl methyl sites for hydroxylation is 1. The van der Waals surface area contributed by atoms with Gasteiger partial charge in [0.15, 0.2) is 0 Å². The second kappa shape index (κ2) is 10.4. The number of rotatable bonds is 10. The van der Waals surface area contributed by atoms with Crippen LogP contribution in [0.5, 0.6) is 0 Å². The number of carbonyl (C=O) groups is 1. The highest BCUT2D eigenvalue weighted by molar-refractivity contribution is 7.89. The Morgan fingerprint density at radius 1 is 1.03 bits per heavy atom. The number of benzene rings is 2. The van der Waals surface area contributed by atoms with Gasteiger partial charge in [0.2, 0.25) is 15.9 Å². The molecule has 0 saturated heterocycles. The summed E-state index contributed by atoms with van der Waals surface area (Å²) in [5, 5.41) is 2.85. The van der Waals surface area contributed by atoms with Crippen LogP contribution >= 0.6 is 0 Å². The maximum Gasteiger partial charge on any atom is 0.244 e. The fourth-order valence-corrected chi connectivity index (χ4v) is 4.45. The number of nitrogens with one attached hydrogen (secondary N) is 2. The second-order valence-corrected chi connectivity index (χ2v) is 9.00. The van der Waals surface area contributed by atoms with E-state index >= 15 is 0 Å².